The molecule has 2 aliphatic rings. The lowest BCUT2D eigenvalue weighted by Gasteiger charge is -2.47. The first-order valence-electron chi connectivity index (χ1n) is 12.8. The minimum atomic E-state index is -0.263. The quantitative estimate of drug-likeness (QED) is 0.576. The second-order valence-electron chi connectivity index (χ2n) is 11.7. The zero-order valence-electron chi connectivity index (χ0n) is 22.3. The molecule has 1 aliphatic heterocycles. The molecule has 0 spiro atoms. The fraction of sp³-hybridized carbons (Fsp3) is 0.621. The van der Waals surface area contributed by atoms with Crippen LogP contribution in [0.2, 0.25) is 0 Å². The van der Waals surface area contributed by atoms with Crippen molar-refractivity contribution < 1.29 is 9.53 Å². The van der Waals surface area contributed by atoms with Gasteiger partial charge in [0, 0.05) is 36.8 Å². The molecule has 2 heterocycles. The number of ether oxygens (including phenoxy) is 1. The van der Waals surface area contributed by atoms with Gasteiger partial charge in [-0.05, 0) is 59.3 Å². The maximum Gasteiger partial charge on any atom is 0.243 e. The minimum absolute atomic E-state index is 0.0568. The summed E-state index contributed by atoms with van der Waals surface area (Å²) in [7, 11) is 3.78. The van der Waals surface area contributed by atoms with Gasteiger partial charge < -0.3 is 19.9 Å². The monoisotopic (exact) mass is 465 g/mol. The number of nitrogens with one attached hydrogen (secondary N) is 2. The van der Waals surface area contributed by atoms with Crippen LogP contribution in [0, 0.1) is 11.8 Å². The first-order valence-corrected chi connectivity index (χ1v) is 12.8. The molecule has 4 unspecified atom stereocenters. The number of H-pyrrole nitrogens is 1. The Hall–Kier alpha value is -2.27. The number of fused-ring (bicyclic) bond motifs is 2. The van der Waals surface area contributed by atoms with Crippen molar-refractivity contribution >= 4 is 22.5 Å². The maximum atomic E-state index is 13.5. The molecule has 5 heteroatoms. The Bertz CT molecular complexity index is 1100. The van der Waals surface area contributed by atoms with Gasteiger partial charge in [-0.25, -0.2) is 0 Å². The van der Waals surface area contributed by atoms with Crippen molar-refractivity contribution in [3.05, 3.63) is 41.6 Å². The average Bonchev–Trinajstić information content (AvgIpc) is 3.19. The number of amides is 1. The highest BCUT2D eigenvalue weighted by molar-refractivity contribution is 6.01. The normalized spacial score (nSPS) is 29.6. The van der Waals surface area contributed by atoms with Crippen LogP contribution in [-0.4, -0.2) is 43.7 Å². The fourth-order valence-electron chi connectivity index (χ4n) is 6.42. The number of nitrogens with zero attached hydrogens (tertiary/aromatic N) is 1. The van der Waals surface area contributed by atoms with Gasteiger partial charge in [0.15, 0.2) is 0 Å². The van der Waals surface area contributed by atoms with E-state index in [0.717, 1.165) is 24.9 Å². The van der Waals surface area contributed by atoms with Crippen LogP contribution in [0.15, 0.2) is 24.9 Å². The first-order chi connectivity index (χ1) is 16.0. The third kappa shape index (κ3) is 3.67. The third-order valence-corrected chi connectivity index (χ3v) is 8.97. The van der Waals surface area contributed by atoms with Gasteiger partial charge in [0.1, 0.15) is 6.04 Å². The van der Waals surface area contributed by atoms with Crippen molar-refractivity contribution in [2.75, 3.05) is 25.7 Å². The van der Waals surface area contributed by atoms with Gasteiger partial charge in [-0.15, -0.1) is 6.58 Å². The van der Waals surface area contributed by atoms with E-state index >= 15 is 0 Å². The number of methoxy groups -OCH3 is 1. The summed E-state index contributed by atoms with van der Waals surface area (Å²) in [5, 5.41) is 4.53. The van der Waals surface area contributed by atoms with Crippen molar-refractivity contribution in [1.29, 1.82) is 0 Å². The first kappa shape index (κ1) is 24.8. The van der Waals surface area contributed by atoms with Crippen molar-refractivity contribution in [3.63, 3.8) is 0 Å². The zero-order valence-corrected chi connectivity index (χ0v) is 22.3. The topological polar surface area (TPSA) is 57.4 Å². The number of hydrogen-bond donors (Lipinski definition) is 2. The predicted molar refractivity (Wildman–Crippen MR) is 142 cm³/mol. The molecule has 34 heavy (non-hydrogen) atoms. The Morgan fingerprint density at radius 1 is 1.26 bits per heavy atom. The number of hydrogen-bond acceptors (Lipinski definition) is 3. The largest absolute Gasteiger partial charge is 0.383 e. The standard InChI is InChI=1S/C29H43N3O2/c1-10-28(6)11-12-29(7,18(4)5)21-14-22-23-19(15-30-25(23)24(21)28)13-20(16-34-9)31-27(33)26(17(2)3)32(22)8/h10,14-15,17-18,20,26,30H,1,11-13,16H2,2-9H3,(H,31,33). The summed E-state index contributed by atoms with van der Waals surface area (Å²) >= 11 is 0. The minimum Gasteiger partial charge on any atom is -0.383 e. The molecule has 0 saturated heterocycles. The lowest BCUT2D eigenvalue weighted by Crippen LogP contribution is -2.52. The molecule has 4 rings (SSSR count). The third-order valence-electron chi connectivity index (χ3n) is 8.97. The lowest BCUT2D eigenvalue weighted by atomic mass is 9.57. The Labute approximate surface area is 205 Å². The van der Waals surface area contributed by atoms with E-state index in [0.29, 0.717) is 12.5 Å². The van der Waals surface area contributed by atoms with Gasteiger partial charge >= 0.3 is 0 Å². The van der Waals surface area contributed by atoms with Gasteiger partial charge in [-0.2, -0.15) is 0 Å². The predicted octanol–water partition coefficient (Wildman–Crippen LogP) is 5.47. The van der Waals surface area contributed by atoms with Crippen LogP contribution in [0.5, 0.6) is 0 Å². The average molecular weight is 466 g/mol. The number of carbonyl (C=O) groups excluding carboxylic acids is 1. The van der Waals surface area contributed by atoms with Crippen molar-refractivity contribution in [3.8, 4) is 0 Å². The van der Waals surface area contributed by atoms with Crippen LogP contribution in [0.25, 0.3) is 10.9 Å². The number of anilines is 1. The van der Waals surface area contributed by atoms with Gasteiger partial charge in [0.2, 0.25) is 5.91 Å². The number of carbonyl (C=O) groups is 1. The molecule has 0 radical (unpaired) electrons. The molecule has 0 saturated carbocycles. The number of aromatic amines is 1. The summed E-state index contributed by atoms with van der Waals surface area (Å²) in [6.07, 6.45) is 7.22. The lowest BCUT2D eigenvalue weighted by molar-refractivity contribution is -0.124. The molecule has 0 fully saturated rings. The second-order valence-corrected chi connectivity index (χ2v) is 11.7. The number of rotatable bonds is 5. The van der Waals surface area contributed by atoms with E-state index in [-0.39, 0.29) is 34.7 Å². The van der Waals surface area contributed by atoms with E-state index in [4.69, 9.17) is 4.74 Å². The van der Waals surface area contributed by atoms with Crippen LogP contribution < -0.4 is 10.2 Å². The Morgan fingerprint density at radius 2 is 1.97 bits per heavy atom. The molecule has 1 aromatic carbocycles. The number of aromatic nitrogens is 1. The summed E-state index contributed by atoms with van der Waals surface area (Å²) in [6, 6.07) is 2.08. The molecule has 1 amide bonds. The highest BCUT2D eigenvalue weighted by Gasteiger charge is 2.45. The number of likely N-dealkylation sites (N-methyl/N-ethyl adjacent to an activating group) is 1. The summed E-state index contributed by atoms with van der Waals surface area (Å²) in [6.45, 7) is 18.4. The Balaban J connectivity index is 2.09. The van der Waals surface area contributed by atoms with E-state index in [1.165, 1.54) is 27.6 Å². The second kappa shape index (κ2) is 8.75. The molecule has 0 bridgehead atoms. The van der Waals surface area contributed by atoms with E-state index in [2.05, 4.69) is 88.7 Å². The van der Waals surface area contributed by atoms with Crippen LogP contribution in [-0.2, 0) is 26.8 Å². The molecule has 1 aliphatic carbocycles. The van der Waals surface area contributed by atoms with Crippen molar-refractivity contribution in [2.24, 2.45) is 11.8 Å². The highest BCUT2D eigenvalue weighted by atomic mass is 16.5. The Kier molecular flexibility index (Phi) is 6.39. The maximum absolute atomic E-state index is 13.5. The highest BCUT2D eigenvalue weighted by Crippen LogP contribution is 2.54. The van der Waals surface area contributed by atoms with E-state index in [9.17, 15) is 4.79 Å². The van der Waals surface area contributed by atoms with Crippen LogP contribution in [0.4, 0.5) is 5.69 Å². The van der Waals surface area contributed by atoms with Crippen LogP contribution in [0.3, 0.4) is 0 Å². The van der Waals surface area contributed by atoms with Crippen LogP contribution >= 0.6 is 0 Å². The van der Waals surface area contributed by atoms with E-state index in [1.54, 1.807) is 7.11 Å². The summed E-state index contributed by atoms with van der Waals surface area (Å²) < 4.78 is 5.49. The van der Waals surface area contributed by atoms with Gasteiger partial charge in [-0.3, -0.25) is 4.79 Å². The van der Waals surface area contributed by atoms with Gasteiger partial charge in [-0.1, -0.05) is 47.6 Å². The zero-order chi connectivity index (χ0) is 25.0. The van der Waals surface area contributed by atoms with E-state index in [1.807, 2.05) is 0 Å². The molecule has 4 atom stereocenters. The molecule has 186 valence electrons. The number of benzene rings is 1. The van der Waals surface area contributed by atoms with Gasteiger partial charge in [0.25, 0.3) is 0 Å². The van der Waals surface area contributed by atoms with Crippen molar-refractivity contribution in [1.82, 2.24) is 10.3 Å². The Morgan fingerprint density at radius 3 is 2.56 bits per heavy atom. The SMILES string of the molecule is C=CC1(C)CCC(C)(C(C)C)c2cc3c4c(c[nH]c4c21)CC(COC)NC(=O)C(C(C)C)N3C. The van der Waals surface area contributed by atoms with Crippen molar-refractivity contribution in [2.45, 2.75) is 83.7 Å². The van der Waals surface area contributed by atoms with Crippen LogP contribution in [0.1, 0.15) is 71.1 Å². The molecule has 2 N–H and O–H groups in total. The van der Waals surface area contributed by atoms with Gasteiger partial charge in [0.05, 0.1) is 18.2 Å². The molecule has 5 nitrogen and oxygen atoms in total. The summed E-state index contributed by atoms with van der Waals surface area (Å²) in [5.41, 5.74) is 6.32. The fourth-order valence-corrected chi connectivity index (χ4v) is 6.42. The molecular weight excluding hydrogens is 422 g/mol. The molecule has 1 aromatic heterocycles. The summed E-state index contributed by atoms with van der Waals surface area (Å²) in [4.78, 5) is 19.4. The van der Waals surface area contributed by atoms with E-state index < -0.39 is 0 Å². The molecule has 2 aromatic rings. The molecular formula is C29H43N3O2. The smallest absolute Gasteiger partial charge is 0.243 e. The summed E-state index contributed by atoms with van der Waals surface area (Å²) in [5.74, 6) is 0.730. The number of allylic oxidation sites excluding steroid dienone is 1.